The van der Waals surface area contributed by atoms with Gasteiger partial charge in [0.25, 0.3) is 5.91 Å². The highest BCUT2D eigenvalue weighted by molar-refractivity contribution is 5.95. The van der Waals surface area contributed by atoms with Gasteiger partial charge in [0.1, 0.15) is 11.5 Å². The van der Waals surface area contributed by atoms with E-state index in [4.69, 9.17) is 18.7 Å². The number of aromatic nitrogens is 1. The minimum absolute atomic E-state index is 0.266. The van der Waals surface area contributed by atoms with E-state index in [-0.39, 0.29) is 5.82 Å². The van der Waals surface area contributed by atoms with E-state index in [1.165, 1.54) is 0 Å². The lowest BCUT2D eigenvalue weighted by molar-refractivity contribution is -0.119. The molecule has 0 atom stereocenters. The minimum atomic E-state index is -0.619. The number of methoxy groups -OCH3 is 1. The molecule has 0 bridgehead atoms. The SMILES string of the molecule is CCOCc1cc(C(=O)OCC(=O)Nc2cc(C)on2)ccc1OC. The molecule has 25 heavy (non-hydrogen) atoms. The zero-order chi connectivity index (χ0) is 18.2. The number of ether oxygens (including phenoxy) is 3. The molecular weight excluding hydrogens is 328 g/mol. The number of rotatable bonds is 8. The number of benzene rings is 1. The monoisotopic (exact) mass is 348 g/mol. The highest BCUT2D eigenvalue weighted by Crippen LogP contribution is 2.21. The van der Waals surface area contributed by atoms with Crippen molar-refractivity contribution < 1.29 is 28.3 Å². The van der Waals surface area contributed by atoms with Gasteiger partial charge in [0.05, 0.1) is 19.3 Å². The van der Waals surface area contributed by atoms with E-state index >= 15 is 0 Å². The summed E-state index contributed by atoms with van der Waals surface area (Å²) in [6.07, 6.45) is 0. The Morgan fingerprint density at radius 3 is 2.72 bits per heavy atom. The van der Waals surface area contributed by atoms with E-state index in [1.807, 2.05) is 6.92 Å². The molecule has 0 aliphatic heterocycles. The predicted molar refractivity (Wildman–Crippen MR) is 88.5 cm³/mol. The molecule has 1 aromatic heterocycles. The maximum absolute atomic E-state index is 12.1. The third kappa shape index (κ3) is 5.32. The largest absolute Gasteiger partial charge is 0.496 e. The quantitative estimate of drug-likeness (QED) is 0.731. The Morgan fingerprint density at radius 2 is 2.08 bits per heavy atom. The van der Waals surface area contributed by atoms with Gasteiger partial charge in [-0.3, -0.25) is 4.79 Å². The lowest BCUT2D eigenvalue weighted by Crippen LogP contribution is -2.21. The first kappa shape index (κ1) is 18.5. The summed E-state index contributed by atoms with van der Waals surface area (Å²) in [4.78, 5) is 23.9. The summed E-state index contributed by atoms with van der Waals surface area (Å²) in [5.74, 6) is 0.315. The van der Waals surface area contributed by atoms with E-state index in [0.717, 1.165) is 5.56 Å². The van der Waals surface area contributed by atoms with Crippen molar-refractivity contribution >= 4 is 17.7 Å². The first-order valence-electron chi connectivity index (χ1n) is 7.68. The van der Waals surface area contributed by atoms with Crippen molar-refractivity contribution in [2.24, 2.45) is 0 Å². The van der Waals surface area contributed by atoms with Crippen LogP contribution >= 0.6 is 0 Å². The molecule has 0 spiro atoms. The highest BCUT2D eigenvalue weighted by Gasteiger charge is 2.14. The van der Waals surface area contributed by atoms with Crippen molar-refractivity contribution in [3.63, 3.8) is 0 Å². The number of hydrogen-bond donors (Lipinski definition) is 1. The fourth-order valence-electron chi connectivity index (χ4n) is 2.05. The number of carbonyl (C=O) groups excluding carboxylic acids is 2. The number of esters is 1. The second kappa shape index (κ2) is 8.84. The van der Waals surface area contributed by atoms with Gasteiger partial charge in [0.15, 0.2) is 12.4 Å². The number of nitrogens with zero attached hydrogens (tertiary/aromatic N) is 1. The minimum Gasteiger partial charge on any atom is -0.496 e. The van der Waals surface area contributed by atoms with E-state index in [2.05, 4.69) is 10.5 Å². The maximum atomic E-state index is 12.1. The van der Waals surface area contributed by atoms with Crippen LogP contribution < -0.4 is 10.1 Å². The number of hydrogen-bond acceptors (Lipinski definition) is 7. The summed E-state index contributed by atoms with van der Waals surface area (Å²) in [5.41, 5.74) is 1.03. The van der Waals surface area contributed by atoms with E-state index in [0.29, 0.717) is 30.3 Å². The fourth-order valence-corrected chi connectivity index (χ4v) is 2.05. The lowest BCUT2D eigenvalue weighted by Gasteiger charge is -2.10. The molecule has 1 amide bonds. The number of amides is 1. The van der Waals surface area contributed by atoms with Gasteiger partial charge in [-0.2, -0.15) is 0 Å². The summed E-state index contributed by atoms with van der Waals surface area (Å²) in [7, 11) is 1.54. The summed E-state index contributed by atoms with van der Waals surface area (Å²) >= 11 is 0. The van der Waals surface area contributed by atoms with Crippen molar-refractivity contribution in [1.29, 1.82) is 0 Å². The van der Waals surface area contributed by atoms with Crippen LogP contribution in [-0.2, 0) is 20.9 Å². The third-order valence-electron chi connectivity index (χ3n) is 3.21. The van der Waals surface area contributed by atoms with Crippen LogP contribution in [0.1, 0.15) is 28.6 Å². The van der Waals surface area contributed by atoms with Crippen molar-refractivity contribution in [2.45, 2.75) is 20.5 Å². The van der Waals surface area contributed by atoms with Gasteiger partial charge in [-0.05, 0) is 32.0 Å². The molecule has 0 saturated heterocycles. The summed E-state index contributed by atoms with van der Waals surface area (Å²) in [5, 5.41) is 6.09. The van der Waals surface area contributed by atoms with Crippen LogP contribution in [0.5, 0.6) is 5.75 Å². The third-order valence-corrected chi connectivity index (χ3v) is 3.21. The lowest BCUT2D eigenvalue weighted by atomic mass is 10.1. The Balaban J connectivity index is 1.94. The molecule has 0 fully saturated rings. The molecule has 2 aromatic rings. The Bertz CT molecular complexity index is 740. The van der Waals surface area contributed by atoms with Gasteiger partial charge in [-0.15, -0.1) is 0 Å². The van der Waals surface area contributed by atoms with E-state index in [9.17, 15) is 9.59 Å². The van der Waals surface area contributed by atoms with Crippen LogP contribution in [0.25, 0.3) is 0 Å². The summed E-state index contributed by atoms with van der Waals surface area (Å²) in [6.45, 7) is 4.00. The van der Waals surface area contributed by atoms with Crippen LogP contribution in [-0.4, -0.2) is 37.4 Å². The Hall–Kier alpha value is -2.87. The molecule has 0 radical (unpaired) electrons. The zero-order valence-corrected chi connectivity index (χ0v) is 14.3. The molecule has 2 rings (SSSR count). The number of nitrogens with one attached hydrogen (secondary N) is 1. The van der Waals surface area contributed by atoms with Crippen molar-refractivity contribution in [3.05, 3.63) is 41.2 Å². The maximum Gasteiger partial charge on any atom is 0.338 e. The van der Waals surface area contributed by atoms with Crippen molar-refractivity contribution in [1.82, 2.24) is 5.16 Å². The first-order chi connectivity index (χ1) is 12.0. The summed E-state index contributed by atoms with van der Waals surface area (Å²) in [6, 6.07) is 6.40. The number of carbonyl (C=O) groups is 2. The predicted octanol–water partition coefficient (Wildman–Crippen LogP) is 2.32. The zero-order valence-electron chi connectivity index (χ0n) is 14.3. The second-order valence-corrected chi connectivity index (χ2v) is 5.11. The van der Waals surface area contributed by atoms with Gasteiger partial charge in [-0.1, -0.05) is 5.16 Å². The molecule has 8 nitrogen and oxygen atoms in total. The van der Waals surface area contributed by atoms with Gasteiger partial charge < -0.3 is 24.1 Å². The Kier molecular flexibility index (Phi) is 6.53. The molecule has 8 heteroatoms. The van der Waals surface area contributed by atoms with Crippen LogP contribution in [0.2, 0.25) is 0 Å². The smallest absolute Gasteiger partial charge is 0.338 e. The summed E-state index contributed by atoms with van der Waals surface area (Å²) < 4.78 is 20.4. The van der Waals surface area contributed by atoms with Gasteiger partial charge >= 0.3 is 5.97 Å². The van der Waals surface area contributed by atoms with Crippen LogP contribution in [0.3, 0.4) is 0 Å². The van der Waals surface area contributed by atoms with Crippen LogP contribution in [0.4, 0.5) is 5.82 Å². The normalized spacial score (nSPS) is 10.4. The van der Waals surface area contributed by atoms with Crippen LogP contribution in [0.15, 0.2) is 28.8 Å². The van der Waals surface area contributed by atoms with E-state index in [1.54, 1.807) is 38.3 Å². The molecule has 134 valence electrons. The van der Waals surface area contributed by atoms with Gasteiger partial charge in [-0.25, -0.2) is 4.79 Å². The fraction of sp³-hybridized carbons (Fsp3) is 0.353. The molecular formula is C17H20N2O6. The molecule has 0 saturated carbocycles. The van der Waals surface area contributed by atoms with Crippen molar-refractivity contribution in [2.75, 3.05) is 25.6 Å². The molecule has 1 N–H and O–H groups in total. The standard InChI is InChI=1S/C17H20N2O6/c1-4-23-9-13-8-12(5-6-14(13)22-3)17(21)24-10-16(20)18-15-7-11(2)25-19-15/h5-8H,4,9-10H2,1-3H3,(H,18,19,20). The van der Waals surface area contributed by atoms with Crippen molar-refractivity contribution in [3.8, 4) is 5.75 Å². The average Bonchev–Trinajstić information content (AvgIpc) is 3.02. The molecule has 1 aromatic carbocycles. The molecule has 0 unspecified atom stereocenters. The van der Waals surface area contributed by atoms with E-state index < -0.39 is 18.5 Å². The van der Waals surface area contributed by atoms with Gasteiger partial charge in [0, 0.05) is 18.2 Å². The average molecular weight is 348 g/mol. The number of aryl methyl sites for hydroxylation is 1. The first-order valence-corrected chi connectivity index (χ1v) is 7.68. The van der Waals surface area contributed by atoms with Crippen LogP contribution in [0, 0.1) is 6.92 Å². The Morgan fingerprint density at radius 1 is 1.28 bits per heavy atom. The molecule has 1 heterocycles. The topological polar surface area (TPSA) is 99.9 Å². The van der Waals surface area contributed by atoms with Gasteiger partial charge in [0.2, 0.25) is 0 Å². The Labute approximate surface area is 145 Å². The molecule has 0 aliphatic carbocycles. The second-order valence-electron chi connectivity index (χ2n) is 5.11. The molecule has 0 aliphatic rings. The number of anilines is 1. The highest BCUT2D eigenvalue weighted by atomic mass is 16.5.